The summed E-state index contributed by atoms with van der Waals surface area (Å²) in [4.78, 5) is 11.4. The van der Waals surface area contributed by atoms with Crippen LogP contribution in [0.4, 0.5) is 0 Å². The van der Waals surface area contributed by atoms with Crippen molar-refractivity contribution in [2.24, 2.45) is 0 Å². The van der Waals surface area contributed by atoms with Crippen LogP contribution in [0.25, 0.3) is 0 Å². The molecular weight excluding hydrogens is 240 g/mol. The van der Waals surface area contributed by atoms with E-state index in [9.17, 15) is 4.79 Å². The molecular formula is C16H24O3. The third-order valence-electron chi connectivity index (χ3n) is 2.74. The lowest BCUT2D eigenvalue weighted by molar-refractivity contribution is -0.147. The zero-order chi connectivity index (χ0) is 14.1. The molecule has 0 heterocycles. The largest absolute Gasteiger partial charge is 0.463 e. The molecule has 106 valence electrons. The van der Waals surface area contributed by atoms with Crippen molar-refractivity contribution in [2.45, 2.75) is 58.8 Å². The highest BCUT2D eigenvalue weighted by atomic mass is 16.5. The van der Waals surface area contributed by atoms with Gasteiger partial charge in [0.2, 0.25) is 0 Å². The van der Waals surface area contributed by atoms with Gasteiger partial charge in [-0.2, -0.15) is 0 Å². The van der Waals surface area contributed by atoms with Crippen molar-refractivity contribution in [3.05, 3.63) is 35.9 Å². The van der Waals surface area contributed by atoms with Gasteiger partial charge in [-0.25, -0.2) is 0 Å². The van der Waals surface area contributed by atoms with Crippen molar-refractivity contribution in [1.82, 2.24) is 0 Å². The first-order chi connectivity index (χ1) is 9.08. The lowest BCUT2D eigenvalue weighted by atomic mass is 10.1. The number of carbonyl (C=O) groups excluding carboxylic acids is 1. The average Bonchev–Trinajstić information content (AvgIpc) is 2.36. The quantitative estimate of drug-likeness (QED) is 0.671. The van der Waals surface area contributed by atoms with Gasteiger partial charge in [-0.05, 0) is 39.2 Å². The standard InChI is InChI=1S/C16H24O3/c1-13(2)19-16(17)11-7-8-14(3)18-12-15-9-5-4-6-10-15/h4-6,9-10,13-14H,7-8,11-12H2,1-3H3/t14-/m0/s1. The Morgan fingerprint density at radius 2 is 1.84 bits per heavy atom. The number of esters is 1. The Labute approximate surface area is 115 Å². The van der Waals surface area contributed by atoms with Gasteiger partial charge in [-0.1, -0.05) is 30.3 Å². The molecule has 19 heavy (non-hydrogen) atoms. The molecule has 3 heteroatoms. The SMILES string of the molecule is CC(C)OC(=O)CCC[C@H](C)OCc1ccccc1. The van der Waals surface area contributed by atoms with Crippen LogP contribution in [0.15, 0.2) is 30.3 Å². The number of carbonyl (C=O) groups is 1. The summed E-state index contributed by atoms with van der Waals surface area (Å²) in [6.07, 6.45) is 2.28. The Balaban J connectivity index is 2.11. The van der Waals surface area contributed by atoms with Gasteiger partial charge in [0.15, 0.2) is 0 Å². The molecule has 1 atom stereocenters. The molecule has 0 spiro atoms. The molecule has 0 aliphatic heterocycles. The molecule has 0 fully saturated rings. The summed E-state index contributed by atoms with van der Waals surface area (Å²) < 4.78 is 10.8. The third kappa shape index (κ3) is 7.62. The average molecular weight is 264 g/mol. The van der Waals surface area contributed by atoms with E-state index in [4.69, 9.17) is 9.47 Å². The summed E-state index contributed by atoms with van der Waals surface area (Å²) in [6.45, 7) is 6.39. The zero-order valence-corrected chi connectivity index (χ0v) is 12.1. The summed E-state index contributed by atoms with van der Waals surface area (Å²) in [7, 11) is 0. The van der Waals surface area contributed by atoms with Crippen LogP contribution < -0.4 is 0 Å². The summed E-state index contributed by atoms with van der Waals surface area (Å²) in [5.74, 6) is -0.120. The molecule has 0 unspecified atom stereocenters. The summed E-state index contributed by atoms with van der Waals surface area (Å²) in [5, 5.41) is 0. The van der Waals surface area contributed by atoms with Gasteiger partial charge in [0.05, 0.1) is 18.8 Å². The van der Waals surface area contributed by atoms with Crippen molar-refractivity contribution in [2.75, 3.05) is 0 Å². The Bertz CT molecular complexity index is 360. The normalized spacial score (nSPS) is 12.4. The Morgan fingerprint density at radius 3 is 2.47 bits per heavy atom. The molecule has 0 radical (unpaired) electrons. The van der Waals surface area contributed by atoms with Crippen LogP contribution in [0, 0.1) is 0 Å². The molecule has 0 N–H and O–H groups in total. The van der Waals surface area contributed by atoms with E-state index >= 15 is 0 Å². The first-order valence-electron chi connectivity index (χ1n) is 6.93. The van der Waals surface area contributed by atoms with E-state index in [2.05, 4.69) is 0 Å². The maximum atomic E-state index is 11.4. The van der Waals surface area contributed by atoms with Crippen LogP contribution in [-0.4, -0.2) is 18.2 Å². The fourth-order valence-corrected chi connectivity index (χ4v) is 1.75. The van der Waals surface area contributed by atoms with Gasteiger partial charge in [-0.15, -0.1) is 0 Å². The fraction of sp³-hybridized carbons (Fsp3) is 0.562. The van der Waals surface area contributed by atoms with E-state index in [-0.39, 0.29) is 18.2 Å². The van der Waals surface area contributed by atoms with Crippen LogP contribution in [0.3, 0.4) is 0 Å². The number of ether oxygens (including phenoxy) is 2. The maximum Gasteiger partial charge on any atom is 0.306 e. The van der Waals surface area contributed by atoms with Crippen molar-refractivity contribution < 1.29 is 14.3 Å². The highest BCUT2D eigenvalue weighted by molar-refractivity contribution is 5.69. The molecule has 0 aromatic heterocycles. The van der Waals surface area contributed by atoms with Crippen LogP contribution in [0.2, 0.25) is 0 Å². The predicted octanol–water partition coefficient (Wildman–Crippen LogP) is 3.71. The molecule has 1 aromatic rings. The van der Waals surface area contributed by atoms with Crippen LogP contribution in [-0.2, 0) is 20.9 Å². The predicted molar refractivity (Wildman–Crippen MR) is 75.8 cm³/mol. The van der Waals surface area contributed by atoms with Gasteiger partial charge in [0, 0.05) is 6.42 Å². The number of hydrogen-bond acceptors (Lipinski definition) is 3. The minimum Gasteiger partial charge on any atom is -0.463 e. The molecule has 0 aliphatic rings. The Morgan fingerprint density at radius 1 is 1.16 bits per heavy atom. The molecule has 1 aromatic carbocycles. The second kappa shape index (κ2) is 8.70. The molecule has 3 nitrogen and oxygen atoms in total. The third-order valence-corrected chi connectivity index (χ3v) is 2.74. The molecule has 0 bridgehead atoms. The van der Waals surface area contributed by atoms with Gasteiger partial charge in [-0.3, -0.25) is 4.79 Å². The van der Waals surface area contributed by atoms with Gasteiger partial charge < -0.3 is 9.47 Å². The van der Waals surface area contributed by atoms with Crippen molar-refractivity contribution in [3.8, 4) is 0 Å². The van der Waals surface area contributed by atoms with Crippen molar-refractivity contribution in [1.29, 1.82) is 0 Å². The topological polar surface area (TPSA) is 35.5 Å². The lowest BCUT2D eigenvalue weighted by Gasteiger charge is -2.13. The first-order valence-corrected chi connectivity index (χ1v) is 6.93. The number of benzene rings is 1. The second-order valence-corrected chi connectivity index (χ2v) is 5.04. The monoisotopic (exact) mass is 264 g/mol. The van der Waals surface area contributed by atoms with Gasteiger partial charge in [0.25, 0.3) is 0 Å². The highest BCUT2D eigenvalue weighted by Crippen LogP contribution is 2.09. The van der Waals surface area contributed by atoms with E-state index in [0.29, 0.717) is 13.0 Å². The fourth-order valence-electron chi connectivity index (χ4n) is 1.75. The molecule has 1 rings (SSSR count). The van der Waals surface area contributed by atoms with E-state index < -0.39 is 0 Å². The van der Waals surface area contributed by atoms with E-state index in [1.54, 1.807) is 0 Å². The number of rotatable bonds is 8. The van der Waals surface area contributed by atoms with Crippen LogP contribution >= 0.6 is 0 Å². The van der Waals surface area contributed by atoms with E-state index in [0.717, 1.165) is 12.8 Å². The highest BCUT2D eigenvalue weighted by Gasteiger charge is 2.08. The summed E-state index contributed by atoms with van der Waals surface area (Å²) in [5.41, 5.74) is 1.17. The first kappa shape index (κ1) is 15.7. The molecule has 0 amide bonds. The second-order valence-electron chi connectivity index (χ2n) is 5.04. The zero-order valence-electron chi connectivity index (χ0n) is 12.1. The summed E-state index contributed by atoms with van der Waals surface area (Å²) >= 11 is 0. The minimum atomic E-state index is -0.120. The lowest BCUT2D eigenvalue weighted by Crippen LogP contribution is -2.13. The van der Waals surface area contributed by atoms with Gasteiger partial charge in [0.1, 0.15) is 0 Å². The van der Waals surface area contributed by atoms with Crippen molar-refractivity contribution >= 4 is 5.97 Å². The smallest absolute Gasteiger partial charge is 0.306 e. The van der Waals surface area contributed by atoms with Crippen molar-refractivity contribution in [3.63, 3.8) is 0 Å². The van der Waals surface area contributed by atoms with E-state index in [1.165, 1.54) is 5.56 Å². The summed E-state index contributed by atoms with van der Waals surface area (Å²) in [6, 6.07) is 10.1. The number of hydrogen-bond donors (Lipinski definition) is 0. The van der Waals surface area contributed by atoms with Crippen LogP contribution in [0.5, 0.6) is 0 Å². The molecule has 0 aliphatic carbocycles. The van der Waals surface area contributed by atoms with E-state index in [1.807, 2.05) is 51.1 Å². The Hall–Kier alpha value is -1.35. The van der Waals surface area contributed by atoms with Gasteiger partial charge >= 0.3 is 5.97 Å². The molecule has 0 saturated carbocycles. The minimum absolute atomic E-state index is 0.0285. The van der Waals surface area contributed by atoms with Crippen LogP contribution in [0.1, 0.15) is 45.6 Å². The Kier molecular flexibility index (Phi) is 7.19. The maximum absolute atomic E-state index is 11.4. The molecule has 0 saturated heterocycles.